The number of likely N-dealkylation sites (N-methyl/N-ethyl adjacent to an activating group) is 1. The second kappa shape index (κ2) is 9.18. The molecule has 1 aromatic rings. The lowest BCUT2D eigenvalue weighted by Crippen LogP contribution is -2.32. The predicted octanol–water partition coefficient (Wildman–Crippen LogP) is 2.70. The van der Waals surface area contributed by atoms with Gasteiger partial charge in [-0.25, -0.2) is 13.1 Å². The van der Waals surface area contributed by atoms with Gasteiger partial charge in [-0.05, 0) is 51.1 Å². The molecule has 0 heterocycles. The molecule has 0 aromatic heterocycles. The first-order chi connectivity index (χ1) is 9.99. The number of rotatable bonds is 10. The lowest BCUT2D eigenvalue weighted by Gasteiger charge is -2.14. The van der Waals surface area contributed by atoms with Crippen LogP contribution in [0.1, 0.15) is 45.1 Å². The number of hydrogen-bond acceptors (Lipinski definition) is 3. The average Bonchev–Trinajstić information content (AvgIpc) is 2.45. The van der Waals surface area contributed by atoms with Crippen LogP contribution < -0.4 is 10.0 Å². The van der Waals surface area contributed by atoms with Crippen molar-refractivity contribution in [2.45, 2.75) is 56.9 Å². The first kappa shape index (κ1) is 18.1. The van der Waals surface area contributed by atoms with Gasteiger partial charge in [0.1, 0.15) is 0 Å². The fourth-order valence-corrected chi connectivity index (χ4v) is 3.47. The van der Waals surface area contributed by atoms with E-state index in [4.69, 9.17) is 0 Å². The maximum absolute atomic E-state index is 12.3. The van der Waals surface area contributed by atoms with Gasteiger partial charge in [-0.1, -0.05) is 38.3 Å². The molecule has 4 nitrogen and oxygen atoms in total. The van der Waals surface area contributed by atoms with Crippen LogP contribution in [0.4, 0.5) is 0 Å². The number of sulfonamides is 1. The van der Waals surface area contributed by atoms with Crippen molar-refractivity contribution in [3.05, 3.63) is 29.8 Å². The maximum atomic E-state index is 12.3. The van der Waals surface area contributed by atoms with Crippen molar-refractivity contribution in [2.75, 3.05) is 13.6 Å². The number of unbranched alkanes of at least 4 members (excludes halogenated alkanes) is 2. The van der Waals surface area contributed by atoms with Gasteiger partial charge in [0.2, 0.25) is 10.0 Å². The highest BCUT2D eigenvalue weighted by molar-refractivity contribution is 7.89. The molecular weight excluding hydrogens is 284 g/mol. The van der Waals surface area contributed by atoms with Crippen LogP contribution >= 0.6 is 0 Å². The van der Waals surface area contributed by atoms with Gasteiger partial charge >= 0.3 is 0 Å². The second-order valence-electron chi connectivity index (χ2n) is 5.52. The molecule has 0 amide bonds. The molecule has 0 bridgehead atoms. The molecule has 1 atom stereocenters. The van der Waals surface area contributed by atoms with E-state index in [9.17, 15) is 8.42 Å². The average molecular weight is 312 g/mol. The highest BCUT2D eigenvalue weighted by Crippen LogP contribution is 2.13. The van der Waals surface area contributed by atoms with Gasteiger partial charge in [0.15, 0.2) is 0 Å². The molecule has 0 spiro atoms. The molecule has 0 aliphatic heterocycles. The van der Waals surface area contributed by atoms with Crippen LogP contribution in [-0.4, -0.2) is 28.1 Å². The van der Waals surface area contributed by atoms with E-state index in [2.05, 4.69) is 17.0 Å². The Morgan fingerprint density at radius 2 is 1.81 bits per heavy atom. The molecule has 2 N–H and O–H groups in total. The Balaban J connectivity index is 2.61. The molecule has 0 fully saturated rings. The van der Waals surface area contributed by atoms with Crippen molar-refractivity contribution in [2.24, 2.45) is 0 Å². The predicted molar refractivity (Wildman–Crippen MR) is 88.0 cm³/mol. The molecule has 0 saturated heterocycles. The second-order valence-corrected chi connectivity index (χ2v) is 7.23. The molecule has 1 unspecified atom stereocenters. The molecule has 0 saturated carbocycles. The van der Waals surface area contributed by atoms with Crippen LogP contribution in [0.2, 0.25) is 0 Å². The Morgan fingerprint density at radius 3 is 2.38 bits per heavy atom. The minimum absolute atomic E-state index is 0.0227. The Morgan fingerprint density at radius 1 is 1.14 bits per heavy atom. The van der Waals surface area contributed by atoms with Crippen molar-refractivity contribution in [3.8, 4) is 0 Å². The molecule has 1 rings (SSSR count). The Kier molecular flexibility index (Phi) is 7.93. The third-order valence-electron chi connectivity index (χ3n) is 3.49. The van der Waals surface area contributed by atoms with Crippen molar-refractivity contribution in [1.82, 2.24) is 10.0 Å². The Labute approximate surface area is 129 Å². The lowest BCUT2D eigenvalue weighted by molar-refractivity contribution is 0.527. The smallest absolute Gasteiger partial charge is 0.240 e. The monoisotopic (exact) mass is 312 g/mol. The highest BCUT2D eigenvalue weighted by Gasteiger charge is 2.16. The Bertz CT molecular complexity index is 498. The van der Waals surface area contributed by atoms with Gasteiger partial charge in [-0.2, -0.15) is 0 Å². The normalized spacial score (nSPS) is 13.3. The number of benzene rings is 1. The number of hydrogen-bond donors (Lipinski definition) is 2. The van der Waals surface area contributed by atoms with Crippen LogP contribution in [0, 0.1) is 0 Å². The van der Waals surface area contributed by atoms with Crippen LogP contribution in [-0.2, 0) is 16.4 Å². The summed E-state index contributed by atoms with van der Waals surface area (Å²) < 4.78 is 27.3. The van der Waals surface area contributed by atoms with Crippen LogP contribution in [0.5, 0.6) is 0 Å². The van der Waals surface area contributed by atoms with E-state index in [-0.39, 0.29) is 6.04 Å². The van der Waals surface area contributed by atoms with E-state index in [1.165, 1.54) is 0 Å². The van der Waals surface area contributed by atoms with Crippen molar-refractivity contribution in [1.29, 1.82) is 0 Å². The maximum Gasteiger partial charge on any atom is 0.240 e. The van der Waals surface area contributed by atoms with Crippen LogP contribution in [0.25, 0.3) is 0 Å². The van der Waals surface area contributed by atoms with Gasteiger partial charge in [0.25, 0.3) is 0 Å². The van der Waals surface area contributed by atoms with Gasteiger partial charge in [0, 0.05) is 6.04 Å². The summed E-state index contributed by atoms with van der Waals surface area (Å²) >= 11 is 0. The summed E-state index contributed by atoms with van der Waals surface area (Å²) in [6.07, 6.45) is 5.13. The Hall–Kier alpha value is -0.910. The van der Waals surface area contributed by atoms with Gasteiger partial charge in [-0.3, -0.25) is 0 Å². The zero-order valence-corrected chi connectivity index (χ0v) is 14.2. The minimum Gasteiger partial charge on any atom is -0.319 e. The summed E-state index contributed by atoms with van der Waals surface area (Å²) in [5, 5.41) is 3.08. The van der Waals surface area contributed by atoms with Gasteiger partial charge in [-0.15, -0.1) is 0 Å². The van der Waals surface area contributed by atoms with Crippen molar-refractivity contribution < 1.29 is 8.42 Å². The largest absolute Gasteiger partial charge is 0.319 e. The SMILES string of the molecule is CCCCCC(C)NS(=O)(=O)c1ccc(CCNC)cc1. The standard InChI is InChI=1S/C16H28N2O2S/c1-4-5-6-7-14(2)18-21(19,20)16-10-8-15(9-11-16)12-13-17-3/h8-11,14,17-18H,4-7,12-13H2,1-3H3. The van der Waals surface area contributed by atoms with E-state index in [1.54, 1.807) is 12.1 Å². The quantitative estimate of drug-likeness (QED) is 0.653. The zero-order valence-electron chi connectivity index (χ0n) is 13.4. The van der Waals surface area contributed by atoms with Crippen LogP contribution in [0.3, 0.4) is 0 Å². The molecule has 0 aliphatic rings. The molecular formula is C16H28N2O2S. The summed E-state index contributed by atoms with van der Waals surface area (Å²) in [7, 11) is -1.49. The first-order valence-electron chi connectivity index (χ1n) is 7.75. The fourth-order valence-electron chi connectivity index (χ4n) is 2.20. The zero-order chi connectivity index (χ0) is 15.7. The first-order valence-corrected chi connectivity index (χ1v) is 9.23. The highest BCUT2D eigenvalue weighted by atomic mass is 32.2. The van der Waals surface area contributed by atoms with E-state index in [1.807, 2.05) is 26.1 Å². The van der Waals surface area contributed by atoms with Crippen molar-refractivity contribution >= 4 is 10.0 Å². The van der Waals surface area contributed by atoms with E-state index >= 15 is 0 Å². The van der Waals surface area contributed by atoms with Gasteiger partial charge < -0.3 is 5.32 Å². The van der Waals surface area contributed by atoms with Crippen LogP contribution in [0.15, 0.2) is 29.2 Å². The van der Waals surface area contributed by atoms with E-state index < -0.39 is 10.0 Å². The summed E-state index contributed by atoms with van der Waals surface area (Å²) in [5.41, 5.74) is 1.14. The van der Waals surface area contributed by atoms with E-state index in [0.29, 0.717) is 4.90 Å². The molecule has 1 aromatic carbocycles. The minimum atomic E-state index is -3.40. The topological polar surface area (TPSA) is 58.2 Å². The van der Waals surface area contributed by atoms with E-state index in [0.717, 1.165) is 44.2 Å². The summed E-state index contributed by atoms with van der Waals surface area (Å²) in [5.74, 6) is 0. The molecule has 0 radical (unpaired) electrons. The number of nitrogens with one attached hydrogen (secondary N) is 2. The summed E-state index contributed by atoms with van der Waals surface area (Å²) in [6, 6.07) is 7.12. The molecule has 0 aliphatic carbocycles. The molecule has 21 heavy (non-hydrogen) atoms. The van der Waals surface area contributed by atoms with Crippen molar-refractivity contribution in [3.63, 3.8) is 0 Å². The molecule has 120 valence electrons. The molecule has 5 heteroatoms. The van der Waals surface area contributed by atoms with Gasteiger partial charge in [0.05, 0.1) is 4.90 Å². The third-order valence-corrected chi connectivity index (χ3v) is 5.10. The summed E-state index contributed by atoms with van der Waals surface area (Å²) in [4.78, 5) is 0.345. The lowest BCUT2D eigenvalue weighted by atomic mass is 10.1. The summed E-state index contributed by atoms with van der Waals surface area (Å²) in [6.45, 7) is 4.96. The third kappa shape index (κ3) is 6.59. The fraction of sp³-hybridized carbons (Fsp3) is 0.625.